The first kappa shape index (κ1) is 12.8. The quantitative estimate of drug-likeness (QED) is 0.804. The molecule has 2 aromatic carbocycles. The number of rotatable bonds is 3. The van der Waals surface area contributed by atoms with Crippen LogP contribution in [-0.4, -0.2) is 20.1 Å². The topological polar surface area (TPSA) is 50.9 Å². The van der Waals surface area contributed by atoms with Gasteiger partial charge in [-0.15, -0.1) is 5.10 Å². The normalized spacial score (nSPS) is 10.7. The monoisotopic (exact) mass is 285 g/mol. The molecular formula is C15H12ClN3O. The van der Waals surface area contributed by atoms with Crippen LogP contribution in [0, 0.1) is 0 Å². The van der Waals surface area contributed by atoms with Gasteiger partial charge in [-0.3, -0.25) is 0 Å². The Labute approximate surface area is 121 Å². The van der Waals surface area contributed by atoms with Gasteiger partial charge in [0, 0.05) is 16.1 Å². The lowest BCUT2D eigenvalue weighted by Crippen LogP contribution is -2.00. The molecule has 0 aliphatic rings. The van der Waals surface area contributed by atoms with Gasteiger partial charge in [-0.25, -0.2) is 4.68 Å². The summed E-state index contributed by atoms with van der Waals surface area (Å²) >= 11 is 5.98. The van der Waals surface area contributed by atoms with Gasteiger partial charge in [0.1, 0.15) is 5.69 Å². The highest BCUT2D eigenvalue weighted by Crippen LogP contribution is 2.22. The van der Waals surface area contributed by atoms with Crippen LogP contribution in [0.3, 0.4) is 0 Å². The first-order chi connectivity index (χ1) is 9.78. The van der Waals surface area contributed by atoms with Crippen molar-refractivity contribution in [2.75, 3.05) is 0 Å². The number of hydrogen-bond donors (Lipinski definition) is 1. The highest BCUT2D eigenvalue weighted by Gasteiger charge is 2.08. The minimum absolute atomic E-state index is 0.0392. The molecule has 0 bridgehead atoms. The molecule has 1 aromatic heterocycles. The molecule has 1 N–H and O–H groups in total. The van der Waals surface area contributed by atoms with Gasteiger partial charge >= 0.3 is 0 Å². The molecule has 1 heterocycles. The van der Waals surface area contributed by atoms with Crippen molar-refractivity contribution in [3.63, 3.8) is 0 Å². The van der Waals surface area contributed by atoms with E-state index in [-0.39, 0.29) is 6.61 Å². The Balaban J connectivity index is 2.02. The number of aliphatic hydroxyl groups excluding tert-OH is 1. The Morgan fingerprint density at radius 2 is 1.95 bits per heavy atom. The fourth-order valence-corrected chi connectivity index (χ4v) is 2.22. The number of nitrogens with zero attached hydrogens (tertiary/aromatic N) is 3. The average molecular weight is 286 g/mol. The summed E-state index contributed by atoms with van der Waals surface area (Å²) in [5.74, 6) is 0. The molecule has 0 amide bonds. The Hall–Kier alpha value is -2.17. The minimum atomic E-state index is -0.0392. The van der Waals surface area contributed by atoms with Crippen LogP contribution >= 0.6 is 11.6 Å². The van der Waals surface area contributed by atoms with Gasteiger partial charge in [0.2, 0.25) is 0 Å². The fourth-order valence-electron chi connectivity index (χ4n) is 2.03. The van der Waals surface area contributed by atoms with E-state index >= 15 is 0 Å². The molecule has 0 saturated heterocycles. The van der Waals surface area contributed by atoms with Crippen LogP contribution in [0.4, 0.5) is 0 Å². The number of halogens is 1. The van der Waals surface area contributed by atoms with E-state index in [9.17, 15) is 5.11 Å². The second kappa shape index (κ2) is 5.45. The van der Waals surface area contributed by atoms with Crippen LogP contribution in [0.5, 0.6) is 0 Å². The lowest BCUT2D eigenvalue weighted by atomic mass is 10.1. The highest BCUT2D eigenvalue weighted by atomic mass is 35.5. The summed E-state index contributed by atoms with van der Waals surface area (Å²) in [5, 5.41) is 18.3. The van der Waals surface area contributed by atoms with Gasteiger partial charge in [-0.05, 0) is 18.2 Å². The van der Waals surface area contributed by atoms with Crippen LogP contribution in [0.25, 0.3) is 16.9 Å². The zero-order valence-corrected chi connectivity index (χ0v) is 11.3. The van der Waals surface area contributed by atoms with Crippen LogP contribution in [0.2, 0.25) is 5.02 Å². The van der Waals surface area contributed by atoms with Crippen LogP contribution in [-0.2, 0) is 6.61 Å². The van der Waals surface area contributed by atoms with E-state index in [0.717, 1.165) is 22.5 Å². The van der Waals surface area contributed by atoms with Gasteiger partial charge in [-0.1, -0.05) is 47.1 Å². The van der Waals surface area contributed by atoms with E-state index in [4.69, 9.17) is 11.6 Å². The average Bonchev–Trinajstić information content (AvgIpc) is 2.97. The molecule has 0 unspecified atom stereocenters. The molecule has 0 atom stereocenters. The molecule has 0 radical (unpaired) electrons. The SMILES string of the molecule is OCc1ccccc1-n1cc(-c2cccc(Cl)c2)nn1. The molecule has 20 heavy (non-hydrogen) atoms. The zero-order chi connectivity index (χ0) is 13.9. The molecular weight excluding hydrogens is 274 g/mol. The largest absolute Gasteiger partial charge is 0.392 e. The summed E-state index contributed by atoms with van der Waals surface area (Å²) in [6.07, 6.45) is 1.82. The van der Waals surface area contributed by atoms with Crippen molar-refractivity contribution < 1.29 is 5.11 Å². The van der Waals surface area contributed by atoms with Crippen molar-refractivity contribution in [3.05, 3.63) is 65.3 Å². The predicted octanol–water partition coefficient (Wildman–Crippen LogP) is 3.08. The predicted molar refractivity (Wildman–Crippen MR) is 77.7 cm³/mol. The number of benzene rings is 2. The summed E-state index contributed by atoms with van der Waals surface area (Å²) in [4.78, 5) is 0. The smallest absolute Gasteiger partial charge is 0.113 e. The standard InChI is InChI=1S/C15H12ClN3O/c16-13-6-3-5-11(8-13)14-9-19(18-17-14)15-7-2-1-4-12(15)10-20/h1-9,20H,10H2. The first-order valence-electron chi connectivity index (χ1n) is 6.15. The lowest BCUT2D eigenvalue weighted by molar-refractivity contribution is 0.281. The Morgan fingerprint density at radius 3 is 2.75 bits per heavy atom. The summed E-state index contributed by atoms with van der Waals surface area (Å²) in [6.45, 7) is -0.0392. The summed E-state index contributed by atoms with van der Waals surface area (Å²) in [6, 6.07) is 15.0. The first-order valence-corrected chi connectivity index (χ1v) is 6.53. The molecule has 5 heteroatoms. The number of aliphatic hydroxyl groups is 1. The zero-order valence-electron chi connectivity index (χ0n) is 10.6. The van der Waals surface area contributed by atoms with Crippen LogP contribution in [0.15, 0.2) is 54.7 Å². The summed E-state index contributed by atoms with van der Waals surface area (Å²) < 4.78 is 1.65. The number of para-hydroxylation sites is 1. The molecule has 0 spiro atoms. The maximum Gasteiger partial charge on any atom is 0.113 e. The van der Waals surface area contributed by atoms with E-state index in [1.165, 1.54) is 0 Å². The van der Waals surface area contributed by atoms with Crippen LogP contribution in [0.1, 0.15) is 5.56 Å². The van der Waals surface area contributed by atoms with Crippen molar-refractivity contribution in [1.82, 2.24) is 15.0 Å². The maximum atomic E-state index is 9.36. The molecule has 100 valence electrons. The Kier molecular flexibility index (Phi) is 3.50. The minimum Gasteiger partial charge on any atom is -0.392 e. The molecule has 0 saturated carbocycles. The van der Waals surface area contributed by atoms with E-state index in [1.54, 1.807) is 4.68 Å². The molecule has 4 nitrogen and oxygen atoms in total. The molecule has 0 aliphatic heterocycles. The maximum absolute atomic E-state index is 9.36. The second-order valence-corrected chi connectivity index (χ2v) is 4.78. The van der Waals surface area contributed by atoms with Gasteiger partial charge < -0.3 is 5.11 Å². The van der Waals surface area contributed by atoms with Gasteiger partial charge in [-0.2, -0.15) is 0 Å². The second-order valence-electron chi connectivity index (χ2n) is 4.35. The van der Waals surface area contributed by atoms with Crippen LogP contribution < -0.4 is 0 Å². The highest BCUT2D eigenvalue weighted by molar-refractivity contribution is 6.30. The molecule has 0 aliphatic carbocycles. The Bertz CT molecular complexity index is 739. The van der Waals surface area contributed by atoms with Crippen molar-refractivity contribution in [1.29, 1.82) is 0 Å². The third-order valence-corrected chi connectivity index (χ3v) is 3.26. The summed E-state index contributed by atoms with van der Waals surface area (Å²) in [7, 11) is 0. The number of hydrogen-bond acceptors (Lipinski definition) is 3. The molecule has 3 rings (SSSR count). The third kappa shape index (κ3) is 2.43. The number of aromatic nitrogens is 3. The van der Waals surface area contributed by atoms with E-state index < -0.39 is 0 Å². The van der Waals surface area contributed by atoms with Crippen molar-refractivity contribution in [3.8, 4) is 16.9 Å². The van der Waals surface area contributed by atoms with Gasteiger partial charge in [0.05, 0.1) is 18.5 Å². The van der Waals surface area contributed by atoms with E-state index in [0.29, 0.717) is 5.02 Å². The fraction of sp³-hybridized carbons (Fsp3) is 0.0667. The third-order valence-electron chi connectivity index (χ3n) is 3.02. The Morgan fingerprint density at radius 1 is 1.10 bits per heavy atom. The molecule has 0 fully saturated rings. The van der Waals surface area contributed by atoms with Crippen molar-refractivity contribution in [2.45, 2.75) is 6.61 Å². The van der Waals surface area contributed by atoms with Crippen molar-refractivity contribution in [2.24, 2.45) is 0 Å². The lowest BCUT2D eigenvalue weighted by Gasteiger charge is -2.05. The molecule has 3 aromatic rings. The van der Waals surface area contributed by atoms with Crippen molar-refractivity contribution >= 4 is 11.6 Å². The van der Waals surface area contributed by atoms with E-state index in [1.807, 2.05) is 54.7 Å². The van der Waals surface area contributed by atoms with E-state index in [2.05, 4.69) is 10.3 Å². The van der Waals surface area contributed by atoms with Gasteiger partial charge in [0.25, 0.3) is 0 Å². The summed E-state index contributed by atoms with van der Waals surface area (Å²) in [5.41, 5.74) is 3.26. The van der Waals surface area contributed by atoms with Gasteiger partial charge in [0.15, 0.2) is 0 Å².